The molecule has 258 valence electrons. The normalized spacial score (nSPS) is 14.6. The van der Waals surface area contributed by atoms with Crippen molar-refractivity contribution in [3.63, 3.8) is 0 Å². The molecule has 0 saturated carbocycles. The summed E-state index contributed by atoms with van der Waals surface area (Å²) in [6.07, 6.45) is 0. The van der Waals surface area contributed by atoms with E-state index >= 15 is 0 Å². The molecule has 2 aliphatic rings. The van der Waals surface area contributed by atoms with Crippen molar-refractivity contribution in [3.8, 4) is 33.4 Å². The molecule has 0 aliphatic heterocycles. The zero-order chi connectivity index (χ0) is 36.3. The van der Waals surface area contributed by atoms with Crippen LogP contribution in [0.2, 0.25) is 0 Å². The van der Waals surface area contributed by atoms with E-state index < -0.39 is 0 Å². The zero-order valence-electron chi connectivity index (χ0n) is 30.9. The van der Waals surface area contributed by atoms with Crippen LogP contribution in [0.3, 0.4) is 0 Å². The number of benzene rings is 8. The van der Waals surface area contributed by atoms with Crippen LogP contribution in [-0.4, -0.2) is 0 Å². The summed E-state index contributed by atoms with van der Waals surface area (Å²) in [5.74, 6) is 0. The minimum atomic E-state index is -0.244. The third kappa shape index (κ3) is 4.23. The van der Waals surface area contributed by atoms with Crippen molar-refractivity contribution in [2.75, 3.05) is 4.90 Å². The van der Waals surface area contributed by atoms with E-state index in [9.17, 15) is 0 Å². The molecule has 0 unspecified atom stereocenters. The average molecular weight is 694 g/mol. The largest absolute Gasteiger partial charge is 0.455 e. The maximum atomic E-state index is 6.64. The number of hydrogen-bond acceptors (Lipinski definition) is 2. The van der Waals surface area contributed by atoms with Crippen LogP contribution in [0.25, 0.3) is 66.1 Å². The second-order valence-corrected chi connectivity index (χ2v) is 16.1. The predicted octanol–water partition coefficient (Wildman–Crippen LogP) is 14.5. The van der Waals surface area contributed by atoms with E-state index in [0.717, 1.165) is 44.6 Å². The second kappa shape index (κ2) is 11.1. The van der Waals surface area contributed by atoms with E-state index in [2.05, 4.69) is 190 Å². The monoisotopic (exact) mass is 693 g/mol. The minimum Gasteiger partial charge on any atom is -0.455 e. The summed E-state index contributed by atoms with van der Waals surface area (Å²) in [6, 6.07) is 60.3. The van der Waals surface area contributed by atoms with Crippen molar-refractivity contribution < 1.29 is 4.42 Å². The summed E-state index contributed by atoms with van der Waals surface area (Å²) in [5.41, 5.74) is 17.9. The molecule has 0 saturated heterocycles. The fourth-order valence-corrected chi connectivity index (χ4v) is 9.77. The molecule has 0 spiro atoms. The molecule has 0 radical (unpaired) electrons. The van der Waals surface area contributed by atoms with Gasteiger partial charge in [0.2, 0.25) is 0 Å². The minimum absolute atomic E-state index is 0.0936. The lowest BCUT2D eigenvalue weighted by atomic mass is 9.67. The fraction of sp³-hybridized carbons (Fsp3) is 0.115. The SMILES string of the molecule is CC1(C)c2ccccc2-c2ccc(N(c3ccccc3)c3ccc4c(c3)C(C)(C)c3cccc5ccc(-c6cccc7c6oc6ccccc67)c-4c35)cc21. The Morgan fingerprint density at radius 2 is 1.00 bits per heavy atom. The number of hydrogen-bond donors (Lipinski definition) is 0. The van der Waals surface area contributed by atoms with E-state index in [4.69, 9.17) is 4.42 Å². The summed E-state index contributed by atoms with van der Waals surface area (Å²) in [7, 11) is 0. The van der Waals surface area contributed by atoms with Gasteiger partial charge in [-0.15, -0.1) is 0 Å². The highest BCUT2D eigenvalue weighted by Gasteiger charge is 2.38. The Labute approximate surface area is 315 Å². The van der Waals surface area contributed by atoms with E-state index in [1.807, 2.05) is 6.07 Å². The third-order valence-corrected chi connectivity index (χ3v) is 12.5. The molecule has 54 heavy (non-hydrogen) atoms. The Kier molecular flexibility index (Phi) is 6.39. The number of nitrogens with zero attached hydrogens (tertiary/aromatic N) is 1. The molecule has 2 nitrogen and oxygen atoms in total. The highest BCUT2D eigenvalue weighted by Crippen LogP contribution is 2.55. The highest BCUT2D eigenvalue weighted by atomic mass is 16.3. The van der Waals surface area contributed by atoms with Gasteiger partial charge < -0.3 is 9.32 Å². The lowest BCUT2D eigenvalue weighted by molar-refractivity contribution is 0.645. The molecule has 8 aromatic carbocycles. The number of fused-ring (bicyclic) bond motifs is 8. The van der Waals surface area contributed by atoms with Gasteiger partial charge in [0.15, 0.2) is 0 Å². The van der Waals surface area contributed by atoms with Crippen LogP contribution in [0.4, 0.5) is 17.1 Å². The van der Waals surface area contributed by atoms with E-state index in [1.165, 1.54) is 60.8 Å². The van der Waals surface area contributed by atoms with Gasteiger partial charge >= 0.3 is 0 Å². The molecule has 0 bridgehead atoms. The summed E-state index contributed by atoms with van der Waals surface area (Å²) < 4.78 is 6.64. The van der Waals surface area contributed by atoms with Crippen molar-refractivity contribution in [2.45, 2.75) is 38.5 Å². The van der Waals surface area contributed by atoms with E-state index in [0.29, 0.717) is 0 Å². The smallest absolute Gasteiger partial charge is 0.143 e. The van der Waals surface area contributed by atoms with E-state index in [-0.39, 0.29) is 10.8 Å². The Bertz CT molecular complexity index is 3000. The van der Waals surface area contributed by atoms with Gasteiger partial charge in [0.1, 0.15) is 11.2 Å². The van der Waals surface area contributed by atoms with Gasteiger partial charge in [0.05, 0.1) is 0 Å². The van der Waals surface area contributed by atoms with Crippen molar-refractivity contribution in [3.05, 3.63) is 186 Å². The van der Waals surface area contributed by atoms with Gasteiger partial charge in [-0.2, -0.15) is 0 Å². The van der Waals surface area contributed by atoms with Crippen LogP contribution in [0.1, 0.15) is 49.9 Å². The molecule has 0 amide bonds. The topological polar surface area (TPSA) is 16.4 Å². The molecular formula is C52H39NO. The van der Waals surface area contributed by atoms with Crippen molar-refractivity contribution in [2.24, 2.45) is 0 Å². The number of rotatable bonds is 4. The zero-order valence-corrected chi connectivity index (χ0v) is 30.9. The first kappa shape index (κ1) is 31.2. The lowest BCUT2D eigenvalue weighted by Crippen LogP contribution is -2.24. The molecule has 1 heterocycles. The van der Waals surface area contributed by atoms with Gasteiger partial charge in [0.25, 0.3) is 0 Å². The highest BCUT2D eigenvalue weighted by molar-refractivity contribution is 6.15. The first-order valence-electron chi connectivity index (χ1n) is 19.0. The average Bonchev–Trinajstić information content (AvgIpc) is 3.69. The van der Waals surface area contributed by atoms with Gasteiger partial charge in [-0.1, -0.05) is 149 Å². The Morgan fingerprint density at radius 1 is 0.407 bits per heavy atom. The second-order valence-electron chi connectivity index (χ2n) is 16.1. The standard InChI is InChI=1S/C52H39NO/c1-51(2)43-21-10-8-17-36(43)37-28-25-34(30-45(37)51)53(33-15-6-5-7-16-33)35-26-29-42-46(31-35)52(3,4)44-22-12-14-32-24-27-39(49(42)48(32)44)41-20-13-19-40-38-18-9-11-23-47(38)54-50(40)41/h5-31H,1-4H3. The molecule has 0 N–H and O–H groups in total. The van der Waals surface area contributed by atoms with Crippen LogP contribution in [0.5, 0.6) is 0 Å². The predicted molar refractivity (Wildman–Crippen MR) is 226 cm³/mol. The molecule has 2 heteroatoms. The maximum absolute atomic E-state index is 6.64. The number of anilines is 3. The molecular weight excluding hydrogens is 655 g/mol. The quantitative estimate of drug-likeness (QED) is 0.182. The van der Waals surface area contributed by atoms with E-state index in [1.54, 1.807) is 0 Å². The van der Waals surface area contributed by atoms with Crippen LogP contribution in [0.15, 0.2) is 168 Å². The summed E-state index contributed by atoms with van der Waals surface area (Å²) in [5, 5.41) is 4.89. The van der Waals surface area contributed by atoms with Crippen LogP contribution in [-0.2, 0) is 10.8 Å². The Balaban J connectivity index is 1.14. The fourth-order valence-electron chi connectivity index (χ4n) is 9.77. The summed E-state index contributed by atoms with van der Waals surface area (Å²) in [4.78, 5) is 2.44. The maximum Gasteiger partial charge on any atom is 0.143 e. The number of para-hydroxylation sites is 3. The Hall–Kier alpha value is -6.38. The van der Waals surface area contributed by atoms with Crippen LogP contribution >= 0.6 is 0 Å². The number of furan rings is 1. The Morgan fingerprint density at radius 3 is 1.83 bits per heavy atom. The van der Waals surface area contributed by atoms with Crippen LogP contribution < -0.4 is 4.90 Å². The molecule has 11 rings (SSSR count). The molecule has 0 fully saturated rings. The first-order valence-corrected chi connectivity index (χ1v) is 19.0. The van der Waals surface area contributed by atoms with Gasteiger partial charge in [-0.05, 0) is 103 Å². The molecule has 0 atom stereocenters. The van der Waals surface area contributed by atoms with Gasteiger partial charge in [-0.3, -0.25) is 0 Å². The molecule has 1 aromatic heterocycles. The van der Waals surface area contributed by atoms with Gasteiger partial charge in [-0.25, -0.2) is 0 Å². The van der Waals surface area contributed by atoms with Gasteiger partial charge in [0, 0.05) is 44.2 Å². The van der Waals surface area contributed by atoms with Crippen molar-refractivity contribution >= 4 is 49.8 Å². The van der Waals surface area contributed by atoms with Crippen LogP contribution in [0, 0.1) is 0 Å². The van der Waals surface area contributed by atoms with Crippen molar-refractivity contribution in [1.82, 2.24) is 0 Å². The van der Waals surface area contributed by atoms with Crippen molar-refractivity contribution in [1.29, 1.82) is 0 Å². The molecule has 2 aliphatic carbocycles. The molecule has 9 aromatic rings. The third-order valence-electron chi connectivity index (χ3n) is 12.5. The summed E-state index contributed by atoms with van der Waals surface area (Å²) >= 11 is 0. The summed E-state index contributed by atoms with van der Waals surface area (Å²) in [6.45, 7) is 9.50. The first-order chi connectivity index (χ1) is 26.3. The lowest BCUT2D eigenvalue weighted by Gasteiger charge is -2.37.